The van der Waals surface area contributed by atoms with Crippen molar-refractivity contribution in [3.8, 4) is 0 Å². The van der Waals surface area contributed by atoms with Gasteiger partial charge in [-0.3, -0.25) is 13.6 Å². The monoisotopic (exact) mass is 530 g/mol. The van der Waals surface area contributed by atoms with Gasteiger partial charge in [-0.2, -0.15) is 16.7 Å². The van der Waals surface area contributed by atoms with Crippen molar-refractivity contribution in [1.82, 2.24) is 14.5 Å². The van der Waals surface area contributed by atoms with Crippen LogP contribution in [-0.4, -0.2) is 35.5 Å². The Kier molecular flexibility index (Phi) is 7.51. The highest BCUT2D eigenvalue weighted by Gasteiger charge is 2.26. The number of fused-ring (bicyclic) bond motifs is 1. The summed E-state index contributed by atoms with van der Waals surface area (Å²) >= 11 is 8.17. The van der Waals surface area contributed by atoms with E-state index in [0.29, 0.717) is 16.8 Å². The van der Waals surface area contributed by atoms with E-state index in [1.54, 1.807) is 16.8 Å². The highest BCUT2D eigenvalue weighted by Crippen LogP contribution is 2.33. The van der Waals surface area contributed by atoms with Gasteiger partial charge in [-0.15, -0.1) is 0 Å². The zero-order valence-electron chi connectivity index (χ0n) is 20.1. The standard InChI is InChI=1S/C26H31ClN4O2S2/c1-16-13-21(35(33)20-9-7-19(34-2)8-10-20)11-12-23(16)29-26-28-15-17-14-22(27)25(32)31(24(17)30-26)18-5-3-4-6-18/h11-15,18-20H,3-10H2,1-2H3,(H,28,29,30). The summed E-state index contributed by atoms with van der Waals surface area (Å²) in [5.74, 6) is 0.429. The maximum absolute atomic E-state index is 13.2. The second kappa shape index (κ2) is 10.6. The molecule has 2 saturated carbocycles. The Morgan fingerprint density at radius 3 is 2.54 bits per heavy atom. The highest BCUT2D eigenvalue weighted by atomic mass is 35.5. The first kappa shape index (κ1) is 24.8. The molecule has 1 atom stereocenters. The lowest BCUT2D eigenvalue weighted by Gasteiger charge is -2.27. The second-order valence-electron chi connectivity index (χ2n) is 9.61. The quantitative estimate of drug-likeness (QED) is 0.397. The van der Waals surface area contributed by atoms with E-state index < -0.39 is 10.8 Å². The van der Waals surface area contributed by atoms with Crippen LogP contribution < -0.4 is 10.9 Å². The van der Waals surface area contributed by atoms with Gasteiger partial charge in [0, 0.05) is 38.7 Å². The molecule has 0 bridgehead atoms. The molecule has 186 valence electrons. The van der Waals surface area contributed by atoms with Crippen molar-refractivity contribution in [1.29, 1.82) is 0 Å². The molecule has 2 fully saturated rings. The van der Waals surface area contributed by atoms with Gasteiger partial charge in [0.25, 0.3) is 5.56 Å². The normalized spacial score (nSPS) is 21.9. The predicted octanol–water partition coefficient (Wildman–Crippen LogP) is 6.39. The Bertz CT molecular complexity index is 1310. The van der Waals surface area contributed by atoms with Crippen LogP contribution in [-0.2, 0) is 10.8 Å². The maximum atomic E-state index is 13.2. The number of anilines is 2. The van der Waals surface area contributed by atoms with Crippen LogP contribution in [0.1, 0.15) is 63.0 Å². The van der Waals surface area contributed by atoms with Crippen molar-refractivity contribution in [3.63, 3.8) is 0 Å². The fraction of sp³-hybridized carbons (Fsp3) is 0.500. The number of aryl methyl sites for hydroxylation is 1. The molecular weight excluding hydrogens is 500 g/mol. The van der Waals surface area contributed by atoms with Gasteiger partial charge in [-0.1, -0.05) is 24.4 Å². The molecule has 6 nitrogen and oxygen atoms in total. The number of aromatic nitrogens is 3. The van der Waals surface area contributed by atoms with Gasteiger partial charge in [-0.05, 0) is 81.5 Å². The number of hydrogen-bond acceptors (Lipinski definition) is 6. The van der Waals surface area contributed by atoms with Crippen molar-refractivity contribution >= 4 is 56.8 Å². The molecule has 2 heterocycles. The number of nitrogens with zero attached hydrogens (tertiary/aromatic N) is 3. The summed E-state index contributed by atoms with van der Waals surface area (Å²) < 4.78 is 15.0. The first-order valence-electron chi connectivity index (χ1n) is 12.3. The zero-order valence-corrected chi connectivity index (χ0v) is 22.5. The summed E-state index contributed by atoms with van der Waals surface area (Å²) in [6.07, 6.45) is 12.3. The van der Waals surface area contributed by atoms with E-state index >= 15 is 0 Å². The minimum atomic E-state index is -0.999. The van der Waals surface area contributed by atoms with Crippen molar-refractivity contribution in [2.24, 2.45) is 0 Å². The average molecular weight is 531 g/mol. The Morgan fingerprint density at radius 1 is 1.11 bits per heavy atom. The largest absolute Gasteiger partial charge is 0.324 e. The van der Waals surface area contributed by atoms with Gasteiger partial charge >= 0.3 is 0 Å². The molecular formula is C26H31ClN4O2S2. The summed E-state index contributed by atoms with van der Waals surface area (Å²) in [6.45, 7) is 2.00. The molecule has 5 rings (SSSR count). The van der Waals surface area contributed by atoms with E-state index in [2.05, 4.69) is 16.6 Å². The summed E-state index contributed by atoms with van der Waals surface area (Å²) in [5.41, 5.74) is 2.27. The van der Waals surface area contributed by atoms with Crippen LogP contribution in [0, 0.1) is 6.92 Å². The third-order valence-electron chi connectivity index (χ3n) is 7.35. The number of rotatable bonds is 6. The smallest absolute Gasteiger partial charge is 0.271 e. The van der Waals surface area contributed by atoms with Crippen molar-refractivity contribution in [3.05, 3.63) is 51.4 Å². The fourth-order valence-electron chi connectivity index (χ4n) is 5.34. The molecule has 0 saturated heterocycles. The average Bonchev–Trinajstić information content (AvgIpc) is 3.40. The van der Waals surface area contributed by atoms with E-state index in [1.807, 2.05) is 36.9 Å². The first-order valence-corrected chi connectivity index (χ1v) is 15.2. The van der Waals surface area contributed by atoms with Crippen LogP contribution >= 0.6 is 23.4 Å². The molecule has 1 unspecified atom stereocenters. The van der Waals surface area contributed by atoms with Crippen LogP contribution in [0.3, 0.4) is 0 Å². The van der Waals surface area contributed by atoms with Gasteiger partial charge in [0.1, 0.15) is 10.7 Å². The second-order valence-corrected chi connectivity index (χ2v) is 12.9. The summed E-state index contributed by atoms with van der Waals surface area (Å²) in [7, 11) is -0.999. The number of halogens is 1. The number of benzene rings is 1. The predicted molar refractivity (Wildman–Crippen MR) is 147 cm³/mol. The molecule has 9 heteroatoms. The van der Waals surface area contributed by atoms with Crippen LogP contribution in [0.15, 0.2) is 40.2 Å². The molecule has 0 spiro atoms. The summed E-state index contributed by atoms with van der Waals surface area (Å²) in [6, 6.07) is 7.68. The molecule has 1 aromatic carbocycles. The molecule has 2 aliphatic rings. The topological polar surface area (TPSA) is 76.9 Å². The Balaban J connectivity index is 1.39. The highest BCUT2D eigenvalue weighted by molar-refractivity contribution is 7.99. The molecule has 3 aromatic rings. The molecule has 35 heavy (non-hydrogen) atoms. The maximum Gasteiger partial charge on any atom is 0.271 e. The minimum Gasteiger partial charge on any atom is -0.324 e. The minimum absolute atomic E-state index is 0.119. The number of hydrogen-bond donors (Lipinski definition) is 1. The van der Waals surface area contributed by atoms with Crippen LogP contribution in [0.5, 0.6) is 0 Å². The van der Waals surface area contributed by atoms with Gasteiger partial charge in [-0.25, -0.2) is 4.98 Å². The van der Waals surface area contributed by atoms with Crippen molar-refractivity contribution in [2.75, 3.05) is 11.6 Å². The van der Waals surface area contributed by atoms with E-state index in [4.69, 9.17) is 16.6 Å². The van der Waals surface area contributed by atoms with Gasteiger partial charge in [0.2, 0.25) is 5.95 Å². The SMILES string of the molecule is CSC1CCC(S(=O)c2ccc(Nc3ncc4cc(Cl)c(=O)n(C5CCCC5)c4n3)c(C)c2)CC1. The van der Waals surface area contributed by atoms with E-state index in [0.717, 1.165) is 72.9 Å². The van der Waals surface area contributed by atoms with Gasteiger partial charge in [0.05, 0.1) is 10.8 Å². The number of pyridine rings is 1. The Labute approximate surface area is 217 Å². The summed E-state index contributed by atoms with van der Waals surface area (Å²) in [5, 5.41) is 5.21. The number of thioether (sulfide) groups is 1. The first-order chi connectivity index (χ1) is 16.9. The van der Waals surface area contributed by atoms with E-state index in [9.17, 15) is 9.00 Å². The van der Waals surface area contributed by atoms with Crippen molar-refractivity contribution in [2.45, 2.75) is 79.7 Å². The lowest BCUT2D eigenvalue weighted by molar-refractivity contribution is 0.516. The third kappa shape index (κ3) is 5.16. The fourth-order valence-corrected chi connectivity index (χ4v) is 7.88. The summed E-state index contributed by atoms with van der Waals surface area (Å²) in [4.78, 5) is 23.0. The van der Waals surface area contributed by atoms with Gasteiger partial charge < -0.3 is 5.32 Å². The lowest BCUT2D eigenvalue weighted by Crippen LogP contribution is -2.25. The molecule has 0 amide bonds. The van der Waals surface area contributed by atoms with E-state index in [1.165, 1.54) is 0 Å². The van der Waals surface area contributed by atoms with E-state index in [-0.39, 0.29) is 21.9 Å². The zero-order chi connectivity index (χ0) is 24.5. The molecule has 0 aliphatic heterocycles. The van der Waals surface area contributed by atoms with Crippen molar-refractivity contribution < 1.29 is 4.21 Å². The van der Waals surface area contributed by atoms with Crippen LogP contribution in [0.25, 0.3) is 11.0 Å². The Morgan fingerprint density at radius 2 is 1.86 bits per heavy atom. The van der Waals surface area contributed by atoms with Crippen LogP contribution in [0.2, 0.25) is 5.02 Å². The molecule has 2 aromatic heterocycles. The third-order valence-corrected chi connectivity index (χ3v) is 10.6. The molecule has 0 radical (unpaired) electrons. The lowest BCUT2D eigenvalue weighted by atomic mass is 10.00. The Hall–Kier alpha value is -1.90. The molecule has 1 N–H and O–H groups in total. The molecule has 2 aliphatic carbocycles. The van der Waals surface area contributed by atoms with Gasteiger partial charge in [0.15, 0.2) is 0 Å². The van der Waals surface area contributed by atoms with Crippen LogP contribution in [0.4, 0.5) is 11.6 Å². The number of nitrogens with one attached hydrogen (secondary N) is 1.